The molecule has 0 saturated carbocycles. The Bertz CT molecular complexity index is 1650. The maximum atomic E-state index is 13.0. The van der Waals surface area contributed by atoms with Crippen molar-refractivity contribution in [2.45, 2.75) is 18.5 Å². The van der Waals surface area contributed by atoms with Crippen LogP contribution >= 0.6 is 0 Å². The summed E-state index contributed by atoms with van der Waals surface area (Å²) in [4.78, 5) is 27.1. The Balaban J connectivity index is 1.33. The summed E-state index contributed by atoms with van der Waals surface area (Å²) in [6.45, 7) is 0.799. The first kappa shape index (κ1) is 22.8. The fourth-order valence-corrected chi connectivity index (χ4v) is 5.18. The van der Waals surface area contributed by atoms with Crippen molar-refractivity contribution in [2.24, 2.45) is 14.1 Å². The Morgan fingerprint density at radius 3 is 2.57 bits per heavy atom. The van der Waals surface area contributed by atoms with Crippen molar-refractivity contribution in [1.82, 2.24) is 29.4 Å². The van der Waals surface area contributed by atoms with Crippen LogP contribution in [0.3, 0.4) is 0 Å². The van der Waals surface area contributed by atoms with Gasteiger partial charge in [-0.2, -0.15) is 10.2 Å². The molecule has 1 N–H and O–H groups in total. The molecule has 2 aromatic carbocycles. The first-order chi connectivity index (χ1) is 18.0. The highest BCUT2D eigenvalue weighted by Crippen LogP contribution is 2.38. The van der Waals surface area contributed by atoms with Gasteiger partial charge >= 0.3 is 0 Å². The molecule has 4 heterocycles. The number of anilines is 1. The molecule has 1 aliphatic rings. The zero-order valence-electron chi connectivity index (χ0n) is 20.7. The Morgan fingerprint density at radius 1 is 1.00 bits per heavy atom. The van der Waals surface area contributed by atoms with Gasteiger partial charge in [0.1, 0.15) is 5.69 Å². The van der Waals surface area contributed by atoms with E-state index in [1.54, 1.807) is 53.9 Å². The molecular formula is C28H27N7O2. The number of rotatable bonds is 5. The van der Waals surface area contributed by atoms with Gasteiger partial charge in [-0.1, -0.05) is 30.3 Å². The van der Waals surface area contributed by atoms with E-state index < -0.39 is 0 Å². The number of pyridine rings is 1. The molecule has 0 aliphatic carbocycles. The third-order valence-corrected chi connectivity index (χ3v) is 7.00. The largest absolute Gasteiger partial charge is 0.362 e. The lowest BCUT2D eigenvalue weighted by molar-refractivity contribution is 0.0929. The average Bonchev–Trinajstić information content (AvgIpc) is 3.64. The van der Waals surface area contributed by atoms with Crippen LogP contribution < -0.4 is 15.8 Å². The Morgan fingerprint density at radius 2 is 1.81 bits per heavy atom. The van der Waals surface area contributed by atoms with Crippen LogP contribution in [0.15, 0.2) is 90.1 Å². The molecule has 9 heteroatoms. The summed E-state index contributed by atoms with van der Waals surface area (Å²) in [5.74, 6) is -0.164. The molecule has 0 unspecified atom stereocenters. The molecule has 3 aromatic heterocycles. The number of nitrogens with zero attached hydrogens (tertiary/aromatic N) is 6. The van der Waals surface area contributed by atoms with Crippen LogP contribution in [-0.2, 0) is 14.1 Å². The number of aryl methyl sites for hydroxylation is 2. The van der Waals surface area contributed by atoms with Crippen molar-refractivity contribution in [3.05, 3.63) is 107 Å². The number of benzene rings is 2. The van der Waals surface area contributed by atoms with Crippen LogP contribution in [0.25, 0.3) is 16.6 Å². The minimum Gasteiger partial charge on any atom is -0.362 e. The summed E-state index contributed by atoms with van der Waals surface area (Å²) in [5, 5.41) is 13.1. The molecule has 37 heavy (non-hydrogen) atoms. The van der Waals surface area contributed by atoms with Crippen LogP contribution in [0.1, 0.15) is 28.5 Å². The molecule has 1 fully saturated rings. The second kappa shape index (κ2) is 9.09. The molecule has 0 spiro atoms. The van der Waals surface area contributed by atoms with Crippen molar-refractivity contribution in [2.75, 3.05) is 11.4 Å². The molecule has 0 radical (unpaired) electrons. The van der Waals surface area contributed by atoms with Crippen LogP contribution in [0.2, 0.25) is 0 Å². The second-order valence-electron chi connectivity index (χ2n) is 9.43. The molecule has 1 amide bonds. The van der Waals surface area contributed by atoms with Crippen molar-refractivity contribution < 1.29 is 4.79 Å². The molecule has 1 aliphatic heterocycles. The van der Waals surface area contributed by atoms with Gasteiger partial charge in [-0.05, 0) is 42.3 Å². The summed E-state index contributed by atoms with van der Waals surface area (Å²) in [7, 11) is 3.54. The van der Waals surface area contributed by atoms with Gasteiger partial charge in [0.15, 0.2) is 0 Å². The van der Waals surface area contributed by atoms with Crippen LogP contribution in [0.5, 0.6) is 0 Å². The summed E-state index contributed by atoms with van der Waals surface area (Å²) in [6.07, 6.45) is 6.21. The van der Waals surface area contributed by atoms with Crippen molar-refractivity contribution in [3.63, 3.8) is 0 Å². The van der Waals surface area contributed by atoms with Gasteiger partial charge in [0.25, 0.3) is 5.91 Å². The number of hydrogen-bond donors (Lipinski definition) is 1. The second-order valence-corrected chi connectivity index (χ2v) is 9.43. The van der Waals surface area contributed by atoms with E-state index >= 15 is 0 Å². The molecular weight excluding hydrogens is 466 g/mol. The highest BCUT2D eigenvalue weighted by atomic mass is 16.2. The van der Waals surface area contributed by atoms with Crippen LogP contribution in [0, 0.1) is 0 Å². The number of nitrogens with one attached hydrogen (secondary N) is 1. The van der Waals surface area contributed by atoms with Gasteiger partial charge in [-0.3, -0.25) is 14.3 Å². The van der Waals surface area contributed by atoms with Gasteiger partial charge in [0.2, 0.25) is 5.56 Å². The quantitative estimate of drug-likeness (QED) is 0.406. The van der Waals surface area contributed by atoms with Crippen molar-refractivity contribution >= 4 is 22.5 Å². The maximum Gasteiger partial charge on any atom is 0.272 e. The lowest BCUT2D eigenvalue weighted by atomic mass is 9.99. The number of aromatic nitrogens is 5. The summed E-state index contributed by atoms with van der Waals surface area (Å²) in [5.41, 5.74) is 4.35. The lowest BCUT2D eigenvalue weighted by Gasteiger charge is -2.31. The normalized spacial score (nSPS) is 17.4. The molecule has 9 nitrogen and oxygen atoms in total. The fraction of sp³-hybridized carbons (Fsp3) is 0.214. The minimum absolute atomic E-state index is 0.0231. The van der Waals surface area contributed by atoms with E-state index in [2.05, 4.69) is 50.7 Å². The highest BCUT2D eigenvalue weighted by Gasteiger charge is 2.37. The van der Waals surface area contributed by atoms with Gasteiger partial charge in [-0.15, -0.1) is 0 Å². The van der Waals surface area contributed by atoms with E-state index in [0.717, 1.165) is 40.8 Å². The predicted octanol–water partition coefficient (Wildman–Crippen LogP) is 3.21. The van der Waals surface area contributed by atoms with Crippen LogP contribution in [0.4, 0.5) is 5.69 Å². The van der Waals surface area contributed by atoms with E-state index in [4.69, 9.17) is 0 Å². The van der Waals surface area contributed by atoms with E-state index in [9.17, 15) is 9.59 Å². The van der Waals surface area contributed by atoms with Gasteiger partial charge in [0, 0.05) is 50.2 Å². The van der Waals surface area contributed by atoms with Gasteiger partial charge in [-0.25, -0.2) is 4.68 Å². The smallest absolute Gasteiger partial charge is 0.272 e. The van der Waals surface area contributed by atoms with Crippen LogP contribution in [-0.4, -0.2) is 42.6 Å². The Kier molecular flexibility index (Phi) is 5.60. The standard InChI is InChI=1S/C28H27N7O2/c1-32-18-22(9-11-26(32)36)35-25-10-8-21(16-20(25)17-29-35)34-15-13-23(27(34)19-6-4-3-5-7-19)30-28(37)24-12-14-33(2)31-24/h3-12,14,16-18,23,27H,13,15H2,1-2H3,(H,30,37)/t23-,27+/m0/s1. The average molecular weight is 494 g/mol. The molecule has 1 saturated heterocycles. The summed E-state index contributed by atoms with van der Waals surface area (Å²) in [6, 6.07) is 21.6. The first-order valence-corrected chi connectivity index (χ1v) is 12.2. The number of carbonyl (C=O) groups excluding carboxylic acids is 1. The maximum absolute atomic E-state index is 13.0. The Labute approximate surface area is 213 Å². The summed E-state index contributed by atoms with van der Waals surface area (Å²) < 4.78 is 5.02. The highest BCUT2D eigenvalue weighted by molar-refractivity contribution is 5.92. The minimum atomic E-state index is -0.164. The third-order valence-electron chi connectivity index (χ3n) is 7.00. The SMILES string of the molecule is Cn1ccc(C(=O)N[C@H]2CCN(c3ccc4c(cnn4-c4ccc(=O)n(C)c4)c3)[C@@H]2c2ccccc2)n1. The zero-order chi connectivity index (χ0) is 25.5. The number of carbonyl (C=O) groups is 1. The van der Waals surface area contributed by atoms with E-state index in [0.29, 0.717) is 5.69 Å². The van der Waals surface area contributed by atoms with Gasteiger partial charge < -0.3 is 14.8 Å². The van der Waals surface area contributed by atoms with Crippen molar-refractivity contribution in [3.8, 4) is 5.69 Å². The van der Waals surface area contributed by atoms with Gasteiger partial charge in [0.05, 0.1) is 29.5 Å². The van der Waals surface area contributed by atoms with E-state index in [1.165, 1.54) is 0 Å². The number of hydrogen-bond acceptors (Lipinski definition) is 5. The third kappa shape index (κ3) is 4.18. The topological polar surface area (TPSA) is 90.0 Å². The summed E-state index contributed by atoms with van der Waals surface area (Å²) >= 11 is 0. The molecule has 5 aromatic rings. The van der Waals surface area contributed by atoms with E-state index in [1.807, 2.05) is 29.1 Å². The Hall–Kier alpha value is -4.66. The molecule has 0 bridgehead atoms. The number of amides is 1. The van der Waals surface area contributed by atoms with Crippen molar-refractivity contribution in [1.29, 1.82) is 0 Å². The molecule has 2 atom stereocenters. The zero-order valence-corrected chi connectivity index (χ0v) is 20.7. The monoisotopic (exact) mass is 493 g/mol. The lowest BCUT2D eigenvalue weighted by Crippen LogP contribution is -2.40. The molecule has 6 rings (SSSR count). The fourth-order valence-electron chi connectivity index (χ4n) is 5.18. The number of fused-ring (bicyclic) bond motifs is 1. The predicted molar refractivity (Wildman–Crippen MR) is 142 cm³/mol. The first-order valence-electron chi connectivity index (χ1n) is 12.2. The molecule has 186 valence electrons. The van der Waals surface area contributed by atoms with E-state index in [-0.39, 0.29) is 23.6 Å².